The van der Waals surface area contributed by atoms with Gasteiger partial charge in [0.15, 0.2) is 0 Å². The minimum absolute atomic E-state index is 0.0849. The molecule has 0 aliphatic heterocycles. The van der Waals surface area contributed by atoms with Gasteiger partial charge in [0.05, 0.1) is 0 Å². The van der Waals surface area contributed by atoms with Crippen LogP contribution < -0.4 is 4.74 Å². The Balaban J connectivity index is 2.15. The fourth-order valence-electron chi connectivity index (χ4n) is 2.30. The number of aliphatic hydroxyl groups excluding tert-OH is 1. The first-order valence-corrected chi connectivity index (χ1v) is 7.14. The first kappa shape index (κ1) is 15.4. The maximum absolute atomic E-state index is 10.0. The maximum atomic E-state index is 10.0. The summed E-state index contributed by atoms with van der Waals surface area (Å²) in [4.78, 5) is 0. The summed E-state index contributed by atoms with van der Waals surface area (Å²) >= 11 is 0. The minimum Gasteiger partial charge on any atom is -0.508 e. The van der Waals surface area contributed by atoms with Crippen LogP contribution in [0.25, 0.3) is 0 Å². The lowest BCUT2D eigenvalue weighted by Gasteiger charge is -2.25. The molecule has 0 fully saturated rings. The predicted octanol–water partition coefficient (Wildman–Crippen LogP) is 3.63. The normalized spacial score (nSPS) is 11.4. The van der Waals surface area contributed by atoms with Crippen molar-refractivity contribution in [2.75, 3.05) is 6.61 Å². The van der Waals surface area contributed by atoms with Crippen molar-refractivity contribution in [1.82, 2.24) is 0 Å². The molecule has 112 valence electrons. The van der Waals surface area contributed by atoms with Crippen LogP contribution in [0, 0.1) is 0 Å². The zero-order chi connectivity index (χ0) is 15.3. The molecular formula is C18H22O3. The molecule has 21 heavy (non-hydrogen) atoms. The van der Waals surface area contributed by atoms with Crippen molar-refractivity contribution in [1.29, 1.82) is 0 Å². The fourth-order valence-corrected chi connectivity index (χ4v) is 2.30. The second-order valence-corrected chi connectivity index (χ2v) is 5.81. The highest BCUT2D eigenvalue weighted by Gasteiger charge is 2.24. The SMILES string of the molecule is CC(C)(CCO)c1cc(OCc2ccccc2)ccc1O. The minimum atomic E-state index is -0.301. The first-order valence-electron chi connectivity index (χ1n) is 7.14. The van der Waals surface area contributed by atoms with Gasteiger partial charge >= 0.3 is 0 Å². The number of ether oxygens (including phenoxy) is 1. The third-order valence-corrected chi connectivity index (χ3v) is 3.68. The molecule has 3 heteroatoms. The van der Waals surface area contributed by atoms with E-state index in [0.717, 1.165) is 16.9 Å². The van der Waals surface area contributed by atoms with Gasteiger partial charge in [0, 0.05) is 12.2 Å². The average Bonchev–Trinajstić information content (AvgIpc) is 2.47. The van der Waals surface area contributed by atoms with Crippen LogP contribution in [0.2, 0.25) is 0 Å². The Labute approximate surface area is 125 Å². The molecule has 0 saturated carbocycles. The van der Waals surface area contributed by atoms with Crippen LogP contribution >= 0.6 is 0 Å². The van der Waals surface area contributed by atoms with Crippen LogP contribution in [-0.2, 0) is 12.0 Å². The van der Waals surface area contributed by atoms with E-state index in [4.69, 9.17) is 9.84 Å². The summed E-state index contributed by atoms with van der Waals surface area (Å²) in [5, 5.41) is 19.2. The van der Waals surface area contributed by atoms with Crippen molar-refractivity contribution in [3.8, 4) is 11.5 Å². The molecule has 3 nitrogen and oxygen atoms in total. The maximum Gasteiger partial charge on any atom is 0.120 e. The Morgan fingerprint density at radius 2 is 1.76 bits per heavy atom. The number of rotatable bonds is 6. The number of aromatic hydroxyl groups is 1. The number of phenolic OH excluding ortho intramolecular Hbond substituents is 1. The molecule has 0 saturated heterocycles. The molecule has 0 heterocycles. The van der Waals surface area contributed by atoms with Gasteiger partial charge in [-0.25, -0.2) is 0 Å². The summed E-state index contributed by atoms with van der Waals surface area (Å²) < 4.78 is 5.79. The zero-order valence-electron chi connectivity index (χ0n) is 12.5. The van der Waals surface area contributed by atoms with Crippen LogP contribution in [0.3, 0.4) is 0 Å². The molecule has 2 N–H and O–H groups in total. The van der Waals surface area contributed by atoms with E-state index < -0.39 is 0 Å². The number of hydrogen-bond acceptors (Lipinski definition) is 3. The van der Waals surface area contributed by atoms with Crippen molar-refractivity contribution in [3.05, 3.63) is 59.7 Å². The van der Waals surface area contributed by atoms with E-state index in [9.17, 15) is 5.11 Å². The van der Waals surface area contributed by atoms with E-state index >= 15 is 0 Å². The van der Waals surface area contributed by atoms with Crippen molar-refractivity contribution in [3.63, 3.8) is 0 Å². The smallest absolute Gasteiger partial charge is 0.120 e. The van der Waals surface area contributed by atoms with Gasteiger partial charge in [-0.3, -0.25) is 0 Å². The first-order chi connectivity index (χ1) is 10.0. The molecule has 0 unspecified atom stereocenters. The molecule has 0 radical (unpaired) electrons. The standard InChI is InChI=1S/C18H22O3/c1-18(2,10-11-19)16-12-15(8-9-17(16)20)21-13-14-6-4-3-5-7-14/h3-9,12,19-20H,10-11,13H2,1-2H3. The van der Waals surface area contributed by atoms with Crippen molar-refractivity contribution < 1.29 is 14.9 Å². The van der Waals surface area contributed by atoms with Crippen LogP contribution in [-0.4, -0.2) is 16.8 Å². The van der Waals surface area contributed by atoms with Crippen LogP contribution in [0.5, 0.6) is 11.5 Å². The average molecular weight is 286 g/mol. The van der Waals surface area contributed by atoms with Crippen molar-refractivity contribution >= 4 is 0 Å². The molecule has 0 amide bonds. The lowest BCUT2D eigenvalue weighted by atomic mass is 9.81. The van der Waals surface area contributed by atoms with Gasteiger partial charge in [-0.2, -0.15) is 0 Å². The molecule has 0 spiro atoms. The fraction of sp³-hybridized carbons (Fsp3) is 0.333. The summed E-state index contributed by atoms with van der Waals surface area (Å²) in [5.41, 5.74) is 1.59. The summed E-state index contributed by atoms with van der Waals surface area (Å²) in [6.45, 7) is 4.57. The molecular weight excluding hydrogens is 264 g/mol. The molecule has 0 aliphatic carbocycles. The quantitative estimate of drug-likeness (QED) is 0.852. The van der Waals surface area contributed by atoms with E-state index in [-0.39, 0.29) is 17.8 Å². The van der Waals surface area contributed by atoms with Gasteiger partial charge < -0.3 is 14.9 Å². The molecule has 0 atom stereocenters. The van der Waals surface area contributed by atoms with Gasteiger partial charge in [-0.05, 0) is 35.6 Å². The molecule has 2 aromatic rings. The van der Waals surface area contributed by atoms with Gasteiger partial charge in [-0.15, -0.1) is 0 Å². The van der Waals surface area contributed by atoms with Crippen LogP contribution in [0.15, 0.2) is 48.5 Å². The van der Waals surface area contributed by atoms with Gasteiger partial charge in [0.25, 0.3) is 0 Å². The van der Waals surface area contributed by atoms with E-state index in [1.807, 2.05) is 50.2 Å². The number of benzene rings is 2. The van der Waals surface area contributed by atoms with E-state index in [0.29, 0.717) is 13.0 Å². The molecule has 0 aliphatic rings. The lowest BCUT2D eigenvalue weighted by Crippen LogP contribution is -2.19. The highest BCUT2D eigenvalue weighted by Crippen LogP contribution is 2.36. The summed E-state index contributed by atoms with van der Waals surface area (Å²) in [6.07, 6.45) is 0.586. The van der Waals surface area contributed by atoms with E-state index in [1.54, 1.807) is 12.1 Å². The Bertz CT molecular complexity index is 576. The second kappa shape index (κ2) is 6.64. The highest BCUT2D eigenvalue weighted by molar-refractivity contribution is 5.43. The Morgan fingerprint density at radius 1 is 1.05 bits per heavy atom. The highest BCUT2D eigenvalue weighted by atomic mass is 16.5. The Hall–Kier alpha value is -2.00. The molecule has 0 aromatic heterocycles. The number of aliphatic hydroxyl groups is 1. The molecule has 2 aromatic carbocycles. The van der Waals surface area contributed by atoms with Crippen LogP contribution in [0.1, 0.15) is 31.4 Å². The van der Waals surface area contributed by atoms with Crippen molar-refractivity contribution in [2.45, 2.75) is 32.3 Å². The number of hydrogen-bond donors (Lipinski definition) is 2. The lowest BCUT2D eigenvalue weighted by molar-refractivity contribution is 0.249. The number of phenols is 1. The molecule has 2 rings (SSSR count). The largest absolute Gasteiger partial charge is 0.508 e. The van der Waals surface area contributed by atoms with E-state index in [1.165, 1.54) is 0 Å². The van der Waals surface area contributed by atoms with Gasteiger partial charge in [0.2, 0.25) is 0 Å². The second-order valence-electron chi connectivity index (χ2n) is 5.81. The third kappa shape index (κ3) is 3.99. The Morgan fingerprint density at radius 3 is 2.43 bits per heavy atom. The van der Waals surface area contributed by atoms with Crippen LogP contribution in [0.4, 0.5) is 0 Å². The van der Waals surface area contributed by atoms with Gasteiger partial charge in [-0.1, -0.05) is 44.2 Å². The summed E-state index contributed by atoms with van der Waals surface area (Å²) in [5.74, 6) is 0.957. The predicted molar refractivity (Wildman–Crippen MR) is 83.6 cm³/mol. The Kier molecular flexibility index (Phi) is 4.86. The van der Waals surface area contributed by atoms with E-state index in [2.05, 4.69) is 0 Å². The van der Waals surface area contributed by atoms with Crippen molar-refractivity contribution in [2.24, 2.45) is 0 Å². The van der Waals surface area contributed by atoms with Gasteiger partial charge in [0.1, 0.15) is 18.1 Å². The monoisotopic (exact) mass is 286 g/mol. The molecule has 0 bridgehead atoms. The topological polar surface area (TPSA) is 49.7 Å². The summed E-state index contributed by atoms with van der Waals surface area (Å²) in [6, 6.07) is 15.2. The third-order valence-electron chi connectivity index (χ3n) is 3.68. The summed E-state index contributed by atoms with van der Waals surface area (Å²) in [7, 11) is 0. The zero-order valence-corrected chi connectivity index (χ0v) is 12.5.